The Labute approximate surface area is 107 Å². The van der Waals surface area contributed by atoms with Crippen molar-refractivity contribution in [3.8, 4) is 6.07 Å². The first kappa shape index (κ1) is 12.0. The summed E-state index contributed by atoms with van der Waals surface area (Å²) in [7, 11) is 0. The molecule has 1 amide bonds. The largest absolute Gasteiger partial charge is 0.334 e. The lowest BCUT2D eigenvalue weighted by Gasteiger charge is -2.15. The van der Waals surface area contributed by atoms with E-state index in [2.05, 4.69) is 38.2 Å². The smallest absolute Gasteiger partial charge is 0.253 e. The van der Waals surface area contributed by atoms with Gasteiger partial charge >= 0.3 is 0 Å². The highest BCUT2D eigenvalue weighted by molar-refractivity contribution is 9.10. The molecule has 88 valence electrons. The fourth-order valence-corrected chi connectivity index (χ4v) is 2.08. The van der Waals surface area contributed by atoms with Gasteiger partial charge in [0, 0.05) is 11.0 Å². The number of carbonyl (C=O) groups excluding carboxylic acids is 1. The van der Waals surface area contributed by atoms with E-state index in [1.54, 1.807) is 18.2 Å². The molecule has 0 aliphatic carbocycles. The van der Waals surface area contributed by atoms with Crippen LogP contribution < -0.4 is 16.2 Å². The van der Waals surface area contributed by atoms with Gasteiger partial charge in [-0.05, 0) is 28.1 Å². The zero-order valence-electron chi connectivity index (χ0n) is 8.90. The molecule has 0 spiro atoms. The molecule has 1 fully saturated rings. The van der Waals surface area contributed by atoms with Gasteiger partial charge in [0.2, 0.25) is 0 Å². The normalized spacial score (nSPS) is 23.1. The van der Waals surface area contributed by atoms with Gasteiger partial charge in [0.15, 0.2) is 0 Å². The molecule has 2 rings (SSSR count). The number of amides is 1. The summed E-state index contributed by atoms with van der Waals surface area (Å²) in [6.07, 6.45) is -0.361. The third kappa shape index (κ3) is 2.64. The molecule has 0 aromatic heterocycles. The Balaban J connectivity index is 2.08. The van der Waals surface area contributed by atoms with Crippen molar-refractivity contribution in [2.75, 3.05) is 6.54 Å². The van der Waals surface area contributed by atoms with Crippen LogP contribution in [0.5, 0.6) is 0 Å². The Morgan fingerprint density at radius 3 is 3.00 bits per heavy atom. The molecule has 1 aromatic carbocycles. The number of carbonyl (C=O) groups is 1. The van der Waals surface area contributed by atoms with Crippen LogP contribution in [0.4, 0.5) is 0 Å². The van der Waals surface area contributed by atoms with E-state index in [-0.39, 0.29) is 18.0 Å². The van der Waals surface area contributed by atoms with Crippen LogP contribution in [0, 0.1) is 17.2 Å². The zero-order chi connectivity index (χ0) is 12.3. The molecule has 0 radical (unpaired) electrons. The van der Waals surface area contributed by atoms with Crippen LogP contribution in [0.15, 0.2) is 28.7 Å². The lowest BCUT2D eigenvalue weighted by atomic mass is 10.1. The quantitative estimate of drug-likeness (QED) is 0.752. The van der Waals surface area contributed by atoms with Crippen LogP contribution in [-0.2, 0) is 0 Å². The molecule has 6 heteroatoms. The minimum Gasteiger partial charge on any atom is -0.334 e. The summed E-state index contributed by atoms with van der Waals surface area (Å²) in [5.41, 5.74) is 6.26. The number of hydrogen-bond acceptors (Lipinski definition) is 4. The van der Waals surface area contributed by atoms with Crippen molar-refractivity contribution < 1.29 is 4.79 Å². The van der Waals surface area contributed by atoms with E-state index in [0.717, 1.165) is 4.47 Å². The van der Waals surface area contributed by atoms with Crippen LogP contribution in [-0.4, -0.2) is 18.6 Å². The zero-order valence-corrected chi connectivity index (χ0v) is 10.5. The Hall–Kier alpha value is -1.42. The number of nitriles is 1. The molecule has 1 aliphatic rings. The second-order valence-corrected chi connectivity index (χ2v) is 4.55. The van der Waals surface area contributed by atoms with Gasteiger partial charge in [-0.3, -0.25) is 10.2 Å². The van der Waals surface area contributed by atoms with Crippen LogP contribution in [0.2, 0.25) is 0 Å². The second kappa shape index (κ2) is 5.27. The summed E-state index contributed by atoms with van der Waals surface area (Å²) in [5, 5.41) is 11.7. The van der Waals surface area contributed by atoms with Crippen molar-refractivity contribution in [1.29, 1.82) is 5.26 Å². The molecule has 3 N–H and O–H groups in total. The standard InChI is InChI=1S/C11H11BrN4O/c12-9-4-2-1-3-8(9)11(17)15-10-7(5-13)6-14-16-10/h1-4,7,10,14,16H,6H2,(H,15,17). The molecule has 2 unspecified atom stereocenters. The van der Waals surface area contributed by atoms with Gasteiger partial charge in [0.05, 0.1) is 17.6 Å². The molecule has 1 heterocycles. The first-order chi connectivity index (χ1) is 8.22. The van der Waals surface area contributed by atoms with Crippen LogP contribution in [0.1, 0.15) is 10.4 Å². The number of halogens is 1. The number of hydrogen-bond donors (Lipinski definition) is 3. The maximum Gasteiger partial charge on any atom is 0.253 e. The van der Waals surface area contributed by atoms with Crippen LogP contribution >= 0.6 is 15.9 Å². The summed E-state index contributed by atoms with van der Waals surface area (Å²) in [5.74, 6) is -0.472. The molecule has 2 atom stereocenters. The molecule has 1 aliphatic heterocycles. The lowest BCUT2D eigenvalue weighted by Crippen LogP contribution is -2.46. The van der Waals surface area contributed by atoms with E-state index in [1.807, 2.05) is 6.07 Å². The van der Waals surface area contributed by atoms with E-state index in [0.29, 0.717) is 12.1 Å². The van der Waals surface area contributed by atoms with Crippen molar-refractivity contribution in [1.82, 2.24) is 16.2 Å². The first-order valence-corrected chi connectivity index (χ1v) is 5.95. The minimum absolute atomic E-state index is 0.209. The van der Waals surface area contributed by atoms with Crippen LogP contribution in [0.3, 0.4) is 0 Å². The Bertz CT molecular complexity index is 471. The Kier molecular flexibility index (Phi) is 3.74. The monoisotopic (exact) mass is 294 g/mol. The predicted molar refractivity (Wildman–Crippen MR) is 65.6 cm³/mol. The van der Waals surface area contributed by atoms with E-state index in [4.69, 9.17) is 5.26 Å². The number of benzene rings is 1. The summed E-state index contributed by atoms with van der Waals surface area (Å²) < 4.78 is 0.733. The number of nitrogens with one attached hydrogen (secondary N) is 3. The molecular formula is C11H11BrN4O. The van der Waals surface area contributed by atoms with Crippen molar-refractivity contribution in [2.24, 2.45) is 5.92 Å². The summed E-state index contributed by atoms with van der Waals surface area (Å²) in [6, 6.07) is 9.30. The summed E-state index contributed by atoms with van der Waals surface area (Å²) >= 11 is 3.32. The van der Waals surface area contributed by atoms with Gasteiger partial charge < -0.3 is 5.32 Å². The van der Waals surface area contributed by atoms with Crippen molar-refractivity contribution in [3.63, 3.8) is 0 Å². The van der Waals surface area contributed by atoms with E-state index < -0.39 is 0 Å². The van der Waals surface area contributed by atoms with E-state index in [9.17, 15) is 4.79 Å². The topological polar surface area (TPSA) is 77.0 Å². The molecular weight excluding hydrogens is 284 g/mol. The van der Waals surface area contributed by atoms with Gasteiger partial charge in [-0.2, -0.15) is 5.26 Å². The van der Waals surface area contributed by atoms with Crippen molar-refractivity contribution in [3.05, 3.63) is 34.3 Å². The van der Waals surface area contributed by atoms with Gasteiger partial charge in [-0.25, -0.2) is 5.43 Å². The van der Waals surface area contributed by atoms with E-state index >= 15 is 0 Å². The number of hydrazine groups is 1. The fraction of sp³-hybridized carbons (Fsp3) is 0.273. The molecule has 0 bridgehead atoms. The predicted octanol–water partition coefficient (Wildman–Crippen LogP) is 0.753. The molecule has 1 aromatic rings. The summed E-state index contributed by atoms with van der Waals surface area (Å²) in [4.78, 5) is 12.0. The van der Waals surface area contributed by atoms with Gasteiger partial charge in [-0.1, -0.05) is 12.1 Å². The van der Waals surface area contributed by atoms with Crippen molar-refractivity contribution in [2.45, 2.75) is 6.17 Å². The lowest BCUT2D eigenvalue weighted by molar-refractivity contribution is 0.0926. The Morgan fingerprint density at radius 1 is 1.53 bits per heavy atom. The first-order valence-electron chi connectivity index (χ1n) is 5.16. The molecule has 0 saturated carbocycles. The number of nitrogens with zero attached hydrogens (tertiary/aromatic N) is 1. The fourth-order valence-electron chi connectivity index (χ4n) is 1.62. The number of rotatable bonds is 2. The Morgan fingerprint density at radius 2 is 2.29 bits per heavy atom. The molecule has 17 heavy (non-hydrogen) atoms. The maximum atomic E-state index is 12.0. The summed E-state index contributed by atoms with van der Waals surface area (Å²) in [6.45, 7) is 0.525. The van der Waals surface area contributed by atoms with E-state index in [1.165, 1.54) is 0 Å². The minimum atomic E-state index is -0.361. The SMILES string of the molecule is N#CC1CNNC1NC(=O)c1ccccc1Br. The highest BCUT2D eigenvalue weighted by atomic mass is 79.9. The maximum absolute atomic E-state index is 12.0. The highest BCUT2D eigenvalue weighted by Crippen LogP contribution is 2.16. The average Bonchev–Trinajstić information content (AvgIpc) is 2.76. The molecule has 5 nitrogen and oxygen atoms in total. The van der Waals surface area contributed by atoms with Gasteiger partial charge in [0.1, 0.15) is 6.17 Å². The van der Waals surface area contributed by atoms with Gasteiger partial charge in [-0.15, -0.1) is 0 Å². The average molecular weight is 295 g/mol. The third-order valence-electron chi connectivity index (χ3n) is 2.55. The molecule has 1 saturated heterocycles. The van der Waals surface area contributed by atoms with Crippen LogP contribution in [0.25, 0.3) is 0 Å². The highest BCUT2D eigenvalue weighted by Gasteiger charge is 2.28. The van der Waals surface area contributed by atoms with Gasteiger partial charge in [0.25, 0.3) is 5.91 Å². The third-order valence-corrected chi connectivity index (χ3v) is 3.24. The van der Waals surface area contributed by atoms with Crippen molar-refractivity contribution >= 4 is 21.8 Å². The second-order valence-electron chi connectivity index (χ2n) is 3.69.